The molecule has 0 fully saturated rings. The normalized spacial score (nSPS) is 14.3. The quantitative estimate of drug-likeness (QED) is 0.343. The topological polar surface area (TPSA) is 111 Å². The number of amides is 2. The van der Waals surface area contributed by atoms with Gasteiger partial charge in [-0.15, -0.1) is 0 Å². The van der Waals surface area contributed by atoms with Gasteiger partial charge < -0.3 is 20.5 Å². The van der Waals surface area contributed by atoms with Gasteiger partial charge in [-0.25, -0.2) is 8.42 Å². The number of H-pyrrole nitrogens is 1. The lowest BCUT2D eigenvalue weighted by Gasteiger charge is -2.18. The van der Waals surface area contributed by atoms with E-state index in [1.165, 1.54) is 12.1 Å². The number of nitrogens with zero attached hydrogens (tertiary/aromatic N) is 1. The Hall–Kier alpha value is -3.17. The number of aromatic amines is 1. The van der Waals surface area contributed by atoms with Crippen LogP contribution in [0.1, 0.15) is 53.6 Å². The van der Waals surface area contributed by atoms with Gasteiger partial charge in [0.15, 0.2) is 9.84 Å². The Labute approximate surface area is 207 Å². The number of aromatic nitrogens is 1. The molecule has 35 heavy (non-hydrogen) atoms. The van der Waals surface area contributed by atoms with E-state index in [0.717, 1.165) is 25.2 Å². The van der Waals surface area contributed by atoms with Crippen LogP contribution in [-0.4, -0.2) is 62.0 Å². The molecule has 1 aliphatic rings. The van der Waals surface area contributed by atoms with E-state index in [0.29, 0.717) is 45.9 Å². The van der Waals surface area contributed by atoms with Gasteiger partial charge in [-0.1, -0.05) is 26.0 Å². The van der Waals surface area contributed by atoms with Crippen LogP contribution in [0.2, 0.25) is 0 Å². The molecule has 0 aliphatic carbocycles. The van der Waals surface area contributed by atoms with Crippen molar-refractivity contribution in [2.24, 2.45) is 0 Å². The molecule has 1 aromatic carbocycles. The summed E-state index contributed by atoms with van der Waals surface area (Å²) in [5, 5.41) is 5.76. The molecule has 2 aromatic rings. The third-order valence-corrected chi connectivity index (χ3v) is 8.01. The van der Waals surface area contributed by atoms with Crippen LogP contribution in [0, 0.1) is 13.8 Å². The average Bonchev–Trinajstić information content (AvgIpc) is 3.24. The summed E-state index contributed by atoms with van der Waals surface area (Å²) in [6.45, 7) is 16.3. The number of nitrogens with one attached hydrogen (secondary N) is 3. The lowest BCUT2D eigenvalue weighted by Crippen LogP contribution is -2.35. The third kappa shape index (κ3) is 5.74. The Balaban J connectivity index is 1.91. The summed E-state index contributed by atoms with van der Waals surface area (Å²) in [6.07, 6.45) is 1.67. The second-order valence-corrected chi connectivity index (χ2v) is 10.9. The fourth-order valence-electron chi connectivity index (χ4n) is 4.27. The van der Waals surface area contributed by atoms with Crippen LogP contribution in [0.3, 0.4) is 0 Å². The molecule has 188 valence electrons. The first kappa shape index (κ1) is 26.4. The standard InChI is InChI=1S/C26H34N4O4S/c1-7-30(8-2)12-11-27-26(32)24-17(5)23(28-18(24)6)14-21-20-13-19(35(33,34)15-16(3)4)9-10-22(20)29-25(21)31/h9-10,13-14,28H,3,7-8,11-12,15H2,1-2,4-6H3,(H,27,32)(H,29,31). The zero-order chi connectivity index (χ0) is 25.9. The fraction of sp³-hybridized carbons (Fsp3) is 0.385. The zero-order valence-corrected chi connectivity index (χ0v) is 21.9. The summed E-state index contributed by atoms with van der Waals surface area (Å²) in [5.74, 6) is -0.655. The van der Waals surface area contributed by atoms with Crippen molar-refractivity contribution >= 4 is 39.0 Å². The Morgan fingerprint density at radius 1 is 1.20 bits per heavy atom. The molecule has 8 nitrogen and oxygen atoms in total. The van der Waals surface area contributed by atoms with Crippen molar-refractivity contribution in [2.75, 3.05) is 37.2 Å². The molecule has 1 aromatic heterocycles. The predicted molar refractivity (Wildman–Crippen MR) is 140 cm³/mol. The van der Waals surface area contributed by atoms with E-state index in [4.69, 9.17) is 0 Å². The lowest BCUT2D eigenvalue weighted by molar-refractivity contribution is -0.110. The Bertz CT molecular complexity index is 1300. The van der Waals surface area contributed by atoms with Gasteiger partial charge in [-0.05, 0) is 63.7 Å². The third-order valence-electron chi connectivity index (χ3n) is 6.17. The summed E-state index contributed by atoms with van der Waals surface area (Å²) in [7, 11) is -3.57. The van der Waals surface area contributed by atoms with Crippen molar-refractivity contribution < 1.29 is 18.0 Å². The Kier molecular flexibility index (Phi) is 8.02. The van der Waals surface area contributed by atoms with Gasteiger partial charge in [0.05, 0.1) is 21.8 Å². The summed E-state index contributed by atoms with van der Waals surface area (Å²) in [5.41, 5.74) is 4.53. The average molecular weight is 499 g/mol. The lowest BCUT2D eigenvalue weighted by atomic mass is 10.0. The second-order valence-electron chi connectivity index (χ2n) is 8.88. The summed E-state index contributed by atoms with van der Waals surface area (Å²) < 4.78 is 25.4. The van der Waals surface area contributed by atoms with Crippen molar-refractivity contribution in [1.29, 1.82) is 0 Å². The predicted octanol–water partition coefficient (Wildman–Crippen LogP) is 3.55. The van der Waals surface area contributed by atoms with Gasteiger partial charge in [0.25, 0.3) is 11.8 Å². The number of aryl methyl sites for hydroxylation is 1. The molecule has 0 saturated heterocycles. The molecule has 3 N–H and O–H groups in total. The number of fused-ring (bicyclic) bond motifs is 1. The highest BCUT2D eigenvalue weighted by Gasteiger charge is 2.28. The Morgan fingerprint density at radius 2 is 1.89 bits per heavy atom. The minimum Gasteiger partial charge on any atom is -0.358 e. The van der Waals surface area contributed by atoms with Crippen LogP contribution >= 0.6 is 0 Å². The first-order valence-electron chi connectivity index (χ1n) is 11.7. The summed E-state index contributed by atoms with van der Waals surface area (Å²) >= 11 is 0. The molecule has 0 atom stereocenters. The first-order chi connectivity index (χ1) is 16.5. The van der Waals surface area contributed by atoms with Gasteiger partial charge in [-0.2, -0.15) is 0 Å². The van der Waals surface area contributed by atoms with Gasteiger partial charge in [0, 0.05) is 35.7 Å². The summed E-state index contributed by atoms with van der Waals surface area (Å²) in [4.78, 5) is 31.2. The van der Waals surface area contributed by atoms with Gasteiger partial charge in [-0.3, -0.25) is 9.59 Å². The van der Waals surface area contributed by atoms with E-state index >= 15 is 0 Å². The van der Waals surface area contributed by atoms with E-state index < -0.39 is 9.84 Å². The molecule has 0 spiro atoms. The van der Waals surface area contributed by atoms with Crippen molar-refractivity contribution in [1.82, 2.24) is 15.2 Å². The molecular formula is C26H34N4O4S. The monoisotopic (exact) mass is 498 g/mol. The van der Waals surface area contributed by atoms with Crippen molar-refractivity contribution in [2.45, 2.75) is 39.5 Å². The van der Waals surface area contributed by atoms with Crippen LogP contribution in [-0.2, 0) is 14.6 Å². The first-order valence-corrected chi connectivity index (χ1v) is 13.4. The van der Waals surface area contributed by atoms with Crippen LogP contribution in [0.25, 0.3) is 11.6 Å². The smallest absolute Gasteiger partial charge is 0.256 e. The largest absolute Gasteiger partial charge is 0.358 e. The molecular weight excluding hydrogens is 464 g/mol. The SMILES string of the molecule is C=C(C)CS(=O)(=O)c1ccc2c(c1)C(=Cc1[nH]c(C)c(C(=O)NCCN(CC)CC)c1C)C(=O)N2. The highest BCUT2D eigenvalue weighted by Crippen LogP contribution is 2.36. The molecule has 0 saturated carbocycles. The number of hydrogen-bond acceptors (Lipinski definition) is 5. The Morgan fingerprint density at radius 3 is 2.51 bits per heavy atom. The number of rotatable bonds is 10. The van der Waals surface area contributed by atoms with E-state index in [1.54, 1.807) is 19.1 Å². The number of likely N-dealkylation sites (N-methyl/N-ethyl adjacent to an activating group) is 1. The zero-order valence-electron chi connectivity index (χ0n) is 21.0. The highest BCUT2D eigenvalue weighted by atomic mass is 32.2. The van der Waals surface area contributed by atoms with Gasteiger partial charge in [0.1, 0.15) is 0 Å². The molecule has 3 rings (SSSR count). The number of hydrogen-bond donors (Lipinski definition) is 3. The minimum atomic E-state index is -3.57. The molecule has 0 unspecified atom stereocenters. The van der Waals surface area contributed by atoms with E-state index in [-0.39, 0.29) is 22.5 Å². The maximum atomic E-state index is 12.9. The fourth-order valence-corrected chi connectivity index (χ4v) is 5.66. The number of sulfone groups is 1. The number of carbonyl (C=O) groups excluding carboxylic acids is 2. The van der Waals surface area contributed by atoms with E-state index in [9.17, 15) is 18.0 Å². The maximum absolute atomic E-state index is 12.9. The highest BCUT2D eigenvalue weighted by molar-refractivity contribution is 7.91. The molecule has 2 amide bonds. The molecule has 9 heteroatoms. The van der Waals surface area contributed by atoms with Crippen molar-refractivity contribution in [3.63, 3.8) is 0 Å². The van der Waals surface area contributed by atoms with Crippen LogP contribution < -0.4 is 10.6 Å². The number of carbonyl (C=O) groups is 2. The molecule has 1 aliphatic heterocycles. The number of benzene rings is 1. The van der Waals surface area contributed by atoms with Gasteiger partial charge >= 0.3 is 0 Å². The summed E-state index contributed by atoms with van der Waals surface area (Å²) in [6, 6.07) is 4.61. The molecule has 0 bridgehead atoms. The van der Waals surface area contributed by atoms with E-state index in [2.05, 4.69) is 40.9 Å². The molecule has 2 heterocycles. The van der Waals surface area contributed by atoms with Crippen LogP contribution in [0.4, 0.5) is 5.69 Å². The van der Waals surface area contributed by atoms with Crippen LogP contribution in [0.15, 0.2) is 35.2 Å². The van der Waals surface area contributed by atoms with E-state index in [1.807, 2.05) is 13.8 Å². The second kappa shape index (κ2) is 10.6. The maximum Gasteiger partial charge on any atom is 0.256 e. The number of anilines is 1. The van der Waals surface area contributed by atoms with Crippen molar-refractivity contribution in [3.8, 4) is 0 Å². The minimum absolute atomic E-state index is 0.134. The molecule has 0 radical (unpaired) electrons. The van der Waals surface area contributed by atoms with Crippen LogP contribution in [0.5, 0.6) is 0 Å². The van der Waals surface area contributed by atoms with Gasteiger partial charge in [0.2, 0.25) is 0 Å². The van der Waals surface area contributed by atoms with Crippen molar-refractivity contribution in [3.05, 3.63) is 58.4 Å².